The highest BCUT2D eigenvalue weighted by Crippen LogP contribution is 2.23. The minimum atomic E-state index is -0.123. The van der Waals surface area contributed by atoms with Crippen LogP contribution in [0.1, 0.15) is 21.5 Å². The van der Waals surface area contributed by atoms with Crippen molar-refractivity contribution in [3.05, 3.63) is 88.0 Å². The van der Waals surface area contributed by atoms with Crippen LogP contribution < -0.4 is 10.6 Å². The Bertz CT molecular complexity index is 881. The van der Waals surface area contributed by atoms with E-state index in [2.05, 4.69) is 31.5 Å². The van der Waals surface area contributed by atoms with E-state index in [9.17, 15) is 4.79 Å². The summed E-state index contributed by atoms with van der Waals surface area (Å²) in [5, 5.41) is 6.18. The normalized spacial score (nSPS) is 10.3. The predicted octanol–water partition coefficient (Wildman–Crippen LogP) is 4.83. The summed E-state index contributed by atoms with van der Waals surface area (Å²) in [4.78, 5) is 16.7. The molecule has 0 spiro atoms. The summed E-state index contributed by atoms with van der Waals surface area (Å²) in [6.07, 6.45) is 1.63. The standard InChI is InChI=1S/C20H18BrN3O/c1-14-11-17(21)7-8-18(14)24-19-12-16(9-10-22-19)20(25)23-13-15-5-3-2-4-6-15/h2-12H,13H2,1H3,(H,22,24)(H,23,25). The fourth-order valence-electron chi connectivity index (χ4n) is 2.43. The zero-order chi connectivity index (χ0) is 17.6. The lowest BCUT2D eigenvalue weighted by molar-refractivity contribution is 0.0951. The van der Waals surface area contributed by atoms with Gasteiger partial charge in [0.1, 0.15) is 5.82 Å². The molecule has 0 fully saturated rings. The monoisotopic (exact) mass is 395 g/mol. The smallest absolute Gasteiger partial charge is 0.251 e. The van der Waals surface area contributed by atoms with Crippen molar-refractivity contribution in [3.63, 3.8) is 0 Å². The van der Waals surface area contributed by atoms with Crippen LogP contribution in [0.25, 0.3) is 0 Å². The molecule has 0 radical (unpaired) electrons. The molecule has 0 atom stereocenters. The van der Waals surface area contributed by atoms with Gasteiger partial charge in [-0.15, -0.1) is 0 Å². The molecule has 0 aliphatic carbocycles. The van der Waals surface area contributed by atoms with Crippen LogP contribution in [0.2, 0.25) is 0 Å². The van der Waals surface area contributed by atoms with Crippen molar-refractivity contribution >= 4 is 33.3 Å². The van der Waals surface area contributed by atoms with E-state index in [1.54, 1.807) is 18.3 Å². The van der Waals surface area contributed by atoms with E-state index >= 15 is 0 Å². The van der Waals surface area contributed by atoms with Crippen LogP contribution >= 0.6 is 15.9 Å². The average molecular weight is 396 g/mol. The molecule has 0 saturated heterocycles. The minimum Gasteiger partial charge on any atom is -0.348 e. The van der Waals surface area contributed by atoms with Gasteiger partial charge in [0.2, 0.25) is 0 Å². The quantitative estimate of drug-likeness (QED) is 0.650. The number of hydrogen-bond acceptors (Lipinski definition) is 3. The van der Waals surface area contributed by atoms with E-state index in [-0.39, 0.29) is 5.91 Å². The maximum Gasteiger partial charge on any atom is 0.251 e. The Morgan fingerprint density at radius 2 is 1.88 bits per heavy atom. The third-order valence-electron chi connectivity index (χ3n) is 3.77. The summed E-state index contributed by atoms with van der Waals surface area (Å²) in [6, 6.07) is 19.3. The fourth-order valence-corrected chi connectivity index (χ4v) is 2.90. The van der Waals surface area contributed by atoms with Crippen LogP contribution in [-0.4, -0.2) is 10.9 Å². The average Bonchev–Trinajstić information content (AvgIpc) is 2.63. The van der Waals surface area contributed by atoms with Crippen molar-refractivity contribution < 1.29 is 4.79 Å². The number of rotatable bonds is 5. The molecule has 0 bridgehead atoms. The molecule has 3 aromatic rings. The Balaban J connectivity index is 1.69. The maximum absolute atomic E-state index is 12.4. The highest BCUT2D eigenvalue weighted by molar-refractivity contribution is 9.10. The molecule has 5 heteroatoms. The van der Waals surface area contributed by atoms with Gasteiger partial charge in [-0.05, 0) is 48.4 Å². The first-order chi connectivity index (χ1) is 12.1. The maximum atomic E-state index is 12.4. The number of carbonyl (C=O) groups is 1. The third-order valence-corrected chi connectivity index (χ3v) is 4.26. The van der Waals surface area contributed by atoms with E-state index in [0.29, 0.717) is 17.9 Å². The molecule has 1 aromatic heterocycles. The minimum absolute atomic E-state index is 0.123. The van der Waals surface area contributed by atoms with Gasteiger partial charge in [0.15, 0.2) is 0 Å². The number of nitrogens with zero attached hydrogens (tertiary/aromatic N) is 1. The molecule has 3 rings (SSSR count). The predicted molar refractivity (Wildman–Crippen MR) is 104 cm³/mol. The lowest BCUT2D eigenvalue weighted by Gasteiger charge is -2.10. The molecule has 0 unspecified atom stereocenters. The number of pyridine rings is 1. The number of amides is 1. The molecule has 2 aromatic carbocycles. The second kappa shape index (κ2) is 7.94. The molecule has 1 heterocycles. The van der Waals surface area contributed by atoms with Crippen LogP contribution in [0.4, 0.5) is 11.5 Å². The number of benzene rings is 2. The van der Waals surface area contributed by atoms with E-state index < -0.39 is 0 Å². The number of hydrogen-bond donors (Lipinski definition) is 2. The second-order valence-electron chi connectivity index (χ2n) is 5.68. The molecular formula is C20H18BrN3O. The first kappa shape index (κ1) is 17.2. The van der Waals surface area contributed by atoms with Gasteiger partial charge in [-0.25, -0.2) is 4.98 Å². The highest BCUT2D eigenvalue weighted by Gasteiger charge is 2.08. The van der Waals surface area contributed by atoms with Crippen molar-refractivity contribution in [2.24, 2.45) is 0 Å². The van der Waals surface area contributed by atoms with E-state index in [1.165, 1.54) is 0 Å². The van der Waals surface area contributed by atoms with Gasteiger partial charge >= 0.3 is 0 Å². The molecular weight excluding hydrogens is 378 g/mol. The first-order valence-electron chi connectivity index (χ1n) is 7.93. The summed E-state index contributed by atoms with van der Waals surface area (Å²) in [6.45, 7) is 2.51. The van der Waals surface area contributed by atoms with Gasteiger partial charge in [-0.3, -0.25) is 4.79 Å². The summed E-state index contributed by atoms with van der Waals surface area (Å²) in [7, 11) is 0. The van der Waals surface area contributed by atoms with Gasteiger partial charge in [-0.1, -0.05) is 46.3 Å². The van der Waals surface area contributed by atoms with Gasteiger partial charge in [0, 0.05) is 28.5 Å². The molecule has 0 aliphatic rings. The Morgan fingerprint density at radius 1 is 1.08 bits per heavy atom. The van der Waals surface area contributed by atoms with Crippen LogP contribution in [0, 0.1) is 6.92 Å². The Morgan fingerprint density at radius 3 is 2.64 bits per heavy atom. The van der Waals surface area contributed by atoms with E-state index in [1.807, 2.05) is 55.5 Å². The molecule has 126 valence electrons. The van der Waals surface area contributed by atoms with Gasteiger partial charge in [0.25, 0.3) is 5.91 Å². The van der Waals surface area contributed by atoms with Crippen molar-refractivity contribution in [1.82, 2.24) is 10.3 Å². The summed E-state index contributed by atoms with van der Waals surface area (Å²) >= 11 is 3.45. The number of aromatic nitrogens is 1. The van der Waals surface area contributed by atoms with Gasteiger partial charge in [0.05, 0.1) is 0 Å². The largest absolute Gasteiger partial charge is 0.348 e. The lowest BCUT2D eigenvalue weighted by Crippen LogP contribution is -2.22. The number of halogens is 1. The zero-order valence-electron chi connectivity index (χ0n) is 13.8. The SMILES string of the molecule is Cc1cc(Br)ccc1Nc1cc(C(=O)NCc2ccccc2)ccn1. The van der Waals surface area contributed by atoms with Crippen molar-refractivity contribution in [2.75, 3.05) is 5.32 Å². The van der Waals surface area contributed by atoms with Crippen LogP contribution in [0.15, 0.2) is 71.3 Å². The Kier molecular flexibility index (Phi) is 5.46. The van der Waals surface area contributed by atoms with Crippen molar-refractivity contribution in [2.45, 2.75) is 13.5 Å². The van der Waals surface area contributed by atoms with Crippen LogP contribution in [-0.2, 0) is 6.54 Å². The van der Waals surface area contributed by atoms with Gasteiger partial charge in [-0.2, -0.15) is 0 Å². The van der Waals surface area contributed by atoms with E-state index in [0.717, 1.165) is 21.3 Å². The third kappa shape index (κ3) is 4.67. The Hall–Kier alpha value is -2.66. The molecule has 4 nitrogen and oxygen atoms in total. The van der Waals surface area contributed by atoms with E-state index in [4.69, 9.17) is 0 Å². The number of aryl methyl sites for hydroxylation is 1. The number of anilines is 2. The fraction of sp³-hybridized carbons (Fsp3) is 0.100. The second-order valence-corrected chi connectivity index (χ2v) is 6.60. The van der Waals surface area contributed by atoms with Crippen molar-refractivity contribution in [3.8, 4) is 0 Å². The first-order valence-corrected chi connectivity index (χ1v) is 8.72. The Labute approximate surface area is 155 Å². The van der Waals surface area contributed by atoms with Crippen LogP contribution in [0.5, 0.6) is 0 Å². The molecule has 0 saturated carbocycles. The lowest BCUT2D eigenvalue weighted by atomic mass is 10.2. The summed E-state index contributed by atoms with van der Waals surface area (Å²) in [5.74, 6) is 0.514. The topological polar surface area (TPSA) is 54.0 Å². The summed E-state index contributed by atoms with van der Waals surface area (Å²) in [5.41, 5.74) is 3.68. The molecule has 0 aliphatic heterocycles. The number of nitrogens with one attached hydrogen (secondary N) is 2. The molecule has 1 amide bonds. The molecule has 25 heavy (non-hydrogen) atoms. The van der Waals surface area contributed by atoms with Crippen LogP contribution in [0.3, 0.4) is 0 Å². The van der Waals surface area contributed by atoms with Crippen molar-refractivity contribution in [1.29, 1.82) is 0 Å². The summed E-state index contributed by atoms with van der Waals surface area (Å²) < 4.78 is 1.03. The zero-order valence-corrected chi connectivity index (χ0v) is 15.4. The number of carbonyl (C=O) groups excluding carboxylic acids is 1. The molecule has 2 N–H and O–H groups in total. The highest BCUT2D eigenvalue weighted by atomic mass is 79.9. The van der Waals surface area contributed by atoms with Gasteiger partial charge < -0.3 is 10.6 Å².